The van der Waals surface area contributed by atoms with E-state index in [1.165, 1.54) is 11.0 Å². The summed E-state index contributed by atoms with van der Waals surface area (Å²) in [5.41, 5.74) is 7.38. The molecule has 3 N–H and O–H groups in total. The second-order valence-corrected chi connectivity index (χ2v) is 3.56. The minimum absolute atomic E-state index is 0.131. The molecule has 0 aliphatic carbocycles. The highest BCUT2D eigenvalue weighted by Crippen LogP contribution is 2.25. The molecule has 0 unspecified atom stereocenters. The Labute approximate surface area is 86.1 Å². The number of carboxylic acid groups (broad SMARTS) is 1. The number of amides is 1. The first-order valence-electron chi connectivity index (χ1n) is 4.60. The van der Waals surface area contributed by atoms with Crippen LogP contribution in [-0.4, -0.2) is 16.1 Å². The summed E-state index contributed by atoms with van der Waals surface area (Å²) in [6.45, 7) is 0.705. The molecule has 1 aliphatic rings. The lowest BCUT2D eigenvalue weighted by Gasteiger charge is -2.08. The minimum atomic E-state index is -0.985. The van der Waals surface area contributed by atoms with Gasteiger partial charge < -0.3 is 10.8 Å². The van der Waals surface area contributed by atoms with Gasteiger partial charge in [-0.15, -0.1) is 0 Å². The molecule has 2 rings (SSSR count). The number of halogens is 1. The van der Waals surface area contributed by atoms with E-state index in [0.717, 1.165) is 11.1 Å². The number of nitrogens with zero attached hydrogens (tertiary/aromatic N) is 1. The number of rotatable bonds is 1. The fourth-order valence-electron chi connectivity index (χ4n) is 1.76. The Hall–Kier alpha value is -1.62. The van der Waals surface area contributed by atoms with E-state index in [4.69, 9.17) is 10.8 Å². The van der Waals surface area contributed by atoms with Gasteiger partial charge in [0.2, 0.25) is 0 Å². The van der Waals surface area contributed by atoms with Gasteiger partial charge >= 0.3 is 6.09 Å². The zero-order valence-electron chi connectivity index (χ0n) is 8.03. The SMILES string of the molecule is NCc1cc2c(cc1F)CN(C(=O)O)C2. The van der Waals surface area contributed by atoms with Gasteiger partial charge in [0.15, 0.2) is 0 Å². The third-order valence-electron chi connectivity index (χ3n) is 2.58. The molecule has 0 aromatic heterocycles. The quantitative estimate of drug-likeness (QED) is 0.733. The van der Waals surface area contributed by atoms with Crippen molar-refractivity contribution < 1.29 is 14.3 Å². The molecule has 5 heteroatoms. The van der Waals surface area contributed by atoms with Crippen LogP contribution in [0.4, 0.5) is 9.18 Å². The van der Waals surface area contributed by atoms with E-state index < -0.39 is 6.09 Å². The third kappa shape index (κ3) is 1.66. The van der Waals surface area contributed by atoms with E-state index in [1.54, 1.807) is 6.07 Å². The number of hydrogen-bond acceptors (Lipinski definition) is 2. The number of benzene rings is 1. The predicted octanol–water partition coefficient (Wildman–Crippen LogP) is 1.28. The van der Waals surface area contributed by atoms with Gasteiger partial charge in [-0.3, -0.25) is 4.90 Å². The van der Waals surface area contributed by atoms with Gasteiger partial charge in [0, 0.05) is 25.2 Å². The average molecular weight is 210 g/mol. The van der Waals surface area contributed by atoms with Gasteiger partial charge in [0.25, 0.3) is 0 Å². The van der Waals surface area contributed by atoms with Crippen molar-refractivity contribution in [3.63, 3.8) is 0 Å². The molecule has 0 saturated carbocycles. The van der Waals surface area contributed by atoms with Crippen LogP contribution < -0.4 is 5.73 Å². The Balaban J connectivity index is 2.35. The first-order chi connectivity index (χ1) is 7.11. The van der Waals surface area contributed by atoms with Crippen LogP contribution in [0.5, 0.6) is 0 Å². The van der Waals surface area contributed by atoms with Crippen LogP contribution in [-0.2, 0) is 19.6 Å². The summed E-state index contributed by atoms with van der Waals surface area (Å²) >= 11 is 0. The van der Waals surface area contributed by atoms with Crippen molar-refractivity contribution >= 4 is 6.09 Å². The molecule has 4 nitrogen and oxygen atoms in total. The lowest BCUT2D eigenvalue weighted by molar-refractivity contribution is 0.145. The van der Waals surface area contributed by atoms with E-state index in [2.05, 4.69) is 0 Å². The molecule has 1 aromatic carbocycles. The normalized spacial score (nSPS) is 14.1. The van der Waals surface area contributed by atoms with Crippen molar-refractivity contribution in [2.75, 3.05) is 0 Å². The Morgan fingerprint density at radius 1 is 1.47 bits per heavy atom. The Morgan fingerprint density at radius 3 is 2.60 bits per heavy atom. The molecular formula is C10H11FN2O2. The zero-order chi connectivity index (χ0) is 11.0. The Morgan fingerprint density at radius 2 is 2.07 bits per heavy atom. The van der Waals surface area contributed by atoms with Crippen molar-refractivity contribution in [1.29, 1.82) is 0 Å². The lowest BCUT2D eigenvalue weighted by Crippen LogP contribution is -2.22. The van der Waals surface area contributed by atoms with Crippen LogP contribution >= 0.6 is 0 Å². The molecule has 15 heavy (non-hydrogen) atoms. The highest BCUT2D eigenvalue weighted by atomic mass is 19.1. The van der Waals surface area contributed by atoms with Crippen molar-refractivity contribution in [3.8, 4) is 0 Å². The molecule has 0 bridgehead atoms. The monoisotopic (exact) mass is 210 g/mol. The molecule has 0 fully saturated rings. The standard InChI is InChI=1S/C10H11FN2O2/c11-9-2-8-5-13(10(14)15)4-7(8)1-6(9)3-12/h1-2H,3-5,12H2,(H,14,15). The maximum absolute atomic E-state index is 13.3. The summed E-state index contributed by atoms with van der Waals surface area (Å²) in [5, 5.41) is 8.79. The van der Waals surface area contributed by atoms with E-state index in [1.807, 2.05) is 0 Å². The Bertz CT molecular complexity index is 420. The molecule has 0 radical (unpaired) electrons. The summed E-state index contributed by atoms with van der Waals surface area (Å²) in [4.78, 5) is 12.0. The number of nitrogens with two attached hydrogens (primary N) is 1. The first-order valence-corrected chi connectivity index (χ1v) is 4.60. The molecule has 1 aliphatic heterocycles. The smallest absolute Gasteiger partial charge is 0.407 e. The number of hydrogen-bond donors (Lipinski definition) is 2. The van der Waals surface area contributed by atoms with Crippen LogP contribution in [0.1, 0.15) is 16.7 Å². The van der Waals surface area contributed by atoms with E-state index in [0.29, 0.717) is 12.1 Å². The largest absolute Gasteiger partial charge is 0.465 e. The summed E-state index contributed by atoms with van der Waals surface area (Å²) < 4.78 is 13.3. The van der Waals surface area contributed by atoms with Crippen molar-refractivity contribution in [1.82, 2.24) is 4.90 Å². The van der Waals surface area contributed by atoms with E-state index >= 15 is 0 Å². The van der Waals surface area contributed by atoms with Crippen LogP contribution in [0.15, 0.2) is 12.1 Å². The minimum Gasteiger partial charge on any atom is -0.465 e. The van der Waals surface area contributed by atoms with Crippen molar-refractivity contribution in [2.24, 2.45) is 5.73 Å². The number of fused-ring (bicyclic) bond motifs is 1. The van der Waals surface area contributed by atoms with Gasteiger partial charge in [0.05, 0.1) is 0 Å². The molecule has 0 atom stereocenters. The van der Waals surface area contributed by atoms with Gasteiger partial charge in [-0.1, -0.05) is 0 Å². The lowest BCUT2D eigenvalue weighted by atomic mass is 10.1. The molecule has 1 heterocycles. The highest BCUT2D eigenvalue weighted by Gasteiger charge is 2.23. The second kappa shape index (κ2) is 3.51. The van der Waals surface area contributed by atoms with Gasteiger partial charge in [-0.25, -0.2) is 9.18 Å². The van der Waals surface area contributed by atoms with Crippen molar-refractivity contribution in [2.45, 2.75) is 19.6 Å². The summed E-state index contributed by atoms with van der Waals surface area (Å²) in [5.74, 6) is -0.358. The first kappa shape index (κ1) is 9.92. The molecular weight excluding hydrogens is 199 g/mol. The Kier molecular flexibility index (Phi) is 2.32. The van der Waals surface area contributed by atoms with Crippen molar-refractivity contribution in [3.05, 3.63) is 34.6 Å². The van der Waals surface area contributed by atoms with Crippen LogP contribution in [0.3, 0.4) is 0 Å². The fourth-order valence-corrected chi connectivity index (χ4v) is 1.76. The summed E-state index contributed by atoms with van der Waals surface area (Å²) in [6, 6.07) is 3.02. The van der Waals surface area contributed by atoms with Crippen LogP contribution in [0.2, 0.25) is 0 Å². The molecule has 0 saturated heterocycles. The maximum atomic E-state index is 13.3. The molecule has 0 spiro atoms. The molecule has 1 amide bonds. The fraction of sp³-hybridized carbons (Fsp3) is 0.300. The zero-order valence-corrected chi connectivity index (χ0v) is 8.03. The molecule has 1 aromatic rings. The highest BCUT2D eigenvalue weighted by molar-refractivity contribution is 5.66. The predicted molar refractivity (Wildman–Crippen MR) is 51.6 cm³/mol. The number of carbonyl (C=O) groups is 1. The molecule has 80 valence electrons. The summed E-state index contributed by atoms with van der Waals surface area (Å²) in [7, 11) is 0. The van der Waals surface area contributed by atoms with Gasteiger partial charge in [-0.05, 0) is 23.3 Å². The third-order valence-corrected chi connectivity index (χ3v) is 2.58. The van der Waals surface area contributed by atoms with Crippen LogP contribution in [0.25, 0.3) is 0 Å². The summed E-state index contributed by atoms with van der Waals surface area (Å²) in [6.07, 6.45) is -0.985. The topological polar surface area (TPSA) is 66.6 Å². The average Bonchev–Trinajstić information content (AvgIpc) is 2.59. The van der Waals surface area contributed by atoms with E-state index in [9.17, 15) is 9.18 Å². The second-order valence-electron chi connectivity index (χ2n) is 3.56. The van der Waals surface area contributed by atoms with E-state index in [-0.39, 0.29) is 18.9 Å². The van der Waals surface area contributed by atoms with Crippen LogP contribution in [0, 0.1) is 5.82 Å². The maximum Gasteiger partial charge on any atom is 0.407 e. The van der Waals surface area contributed by atoms with Gasteiger partial charge in [-0.2, -0.15) is 0 Å². The van der Waals surface area contributed by atoms with Gasteiger partial charge in [0.1, 0.15) is 5.82 Å².